The van der Waals surface area contributed by atoms with E-state index in [9.17, 15) is 0 Å². The summed E-state index contributed by atoms with van der Waals surface area (Å²) in [5, 5.41) is 0. The standard InChI is InChI=1S/C12H10.C10H16N.Mn/c1-3-7-11(8-4-1)12-9-5-2-6-10-12;1-11(2)9-5-8-10-6-3-4-7-10;/h1-10H;3-4,6-7H,5,8-9H2,1-2H3;/q;-1;. The van der Waals surface area contributed by atoms with Gasteiger partial charge in [-0.2, -0.15) is 17.7 Å². The zero-order valence-electron chi connectivity index (χ0n) is 14.5. The average molecular weight is 359 g/mol. The summed E-state index contributed by atoms with van der Waals surface area (Å²) in [6.45, 7) is 1.19. The first-order valence-corrected chi connectivity index (χ1v) is 8.21. The van der Waals surface area contributed by atoms with Gasteiger partial charge in [0.1, 0.15) is 0 Å². The van der Waals surface area contributed by atoms with Crippen molar-refractivity contribution in [3.63, 3.8) is 0 Å². The molecule has 0 aliphatic heterocycles. The Labute approximate surface area is 157 Å². The third-order valence-electron chi connectivity index (χ3n) is 3.68. The number of rotatable bonds is 5. The molecule has 0 unspecified atom stereocenters. The van der Waals surface area contributed by atoms with E-state index in [1.807, 2.05) is 12.1 Å². The van der Waals surface area contributed by atoms with E-state index in [2.05, 4.69) is 91.8 Å². The maximum atomic E-state index is 2.23. The number of nitrogens with zero attached hydrogens (tertiary/aromatic N) is 1. The van der Waals surface area contributed by atoms with Crippen LogP contribution in [0.5, 0.6) is 0 Å². The van der Waals surface area contributed by atoms with Gasteiger partial charge in [-0.3, -0.25) is 0 Å². The zero-order chi connectivity index (χ0) is 16.3. The summed E-state index contributed by atoms with van der Waals surface area (Å²) in [6, 6.07) is 29.4. The number of benzene rings is 2. The molecule has 0 atom stereocenters. The van der Waals surface area contributed by atoms with Crippen LogP contribution in [-0.2, 0) is 23.5 Å². The Morgan fingerprint density at radius 3 is 1.58 bits per heavy atom. The first kappa shape index (κ1) is 20.3. The van der Waals surface area contributed by atoms with Crippen molar-refractivity contribution in [3.05, 3.63) is 90.5 Å². The van der Waals surface area contributed by atoms with Crippen molar-refractivity contribution in [2.45, 2.75) is 12.8 Å². The van der Waals surface area contributed by atoms with E-state index >= 15 is 0 Å². The van der Waals surface area contributed by atoms with Crippen molar-refractivity contribution in [1.29, 1.82) is 0 Å². The molecule has 1 nitrogen and oxygen atoms in total. The maximum Gasteiger partial charge on any atom is 0 e. The quantitative estimate of drug-likeness (QED) is 0.444. The van der Waals surface area contributed by atoms with Crippen molar-refractivity contribution < 1.29 is 17.1 Å². The third kappa shape index (κ3) is 7.70. The normalized spacial score (nSPS) is 9.79. The molecule has 1 radical (unpaired) electrons. The third-order valence-corrected chi connectivity index (χ3v) is 3.68. The molecule has 3 aromatic carbocycles. The molecule has 0 aliphatic carbocycles. The predicted octanol–water partition coefficient (Wildman–Crippen LogP) is 5.25. The summed E-state index contributed by atoms with van der Waals surface area (Å²) in [5.74, 6) is 0. The predicted molar refractivity (Wildman–Crippen MR) is 101 cm³/mol. The van der Waals surface area contributed by atoms with E-state index in [4.69, 9.17) is 0 Å². The zero-order valence-corrected chi connectivity index (χ0v) is 15.7. The summed E-state index contributed by atoms with van der Waals surface area (Å²) >= 11 is 0. The van der Waals surface area contributed by atoms with E-state index in [0.717, 1.165) is 0 Å². The smallest absolute Gasteiger partial charge is 0 e. The molecule has 2 heteroatoms. The maximum absolute atomic E-state index is 2.23. The molecule has 0 fully saturated rings. The molecule has 0 amide bonds. The summed E-state index contributed by atoms with van der Waals surface area (Å²) in [5.41, 5.74) is 4.02. The largest absolute Gasteiger partial charge is 0.309 e. The monoisotopic (exact) mass is 359 g/mol. The molecule has 0 saturated carbocycles. The Balaban J connectivity index is 0.000000232. The van der Waals surface area contributed by atoms with Crippen molar-refractivity contribution >= 4 is 0 Å². The Morgan fingerprint density at radius 1 is 0.708 bits per heavy atom. The van der Waals surface area contributed by atoms with E-state index < -0.39 is 0 Å². The van der Waals surface area contributed by atoms with Crippen LogP contribution in [0.15, 0.2) is 84.9 Å². The topological polar surface area (TPSA) is 3.24 Å². The molecule has 0 aliphatic rings. The van der Waals surface area contributed by atoms with Crippen LogP contribution in [0.2, 0.25) is 0 Å². The van der Waals surface area contributed by atoms with Crippen molar-refractivity contribution in [2.75, 3.05) is 20.6 Å². The van der Waals surface area contributed by atoms with Gasteiger partial charge >= 0.3 is 0 Å². The van der Waals surface area contributed by atoms with Crippen molar-refractivity contribution in [1.82, 2.24) is 4.90 Å². The van der Waals surface area contributed by atoms with Gasteiger partial charge in [0.25, 0.3) is 0 Å². The second-order valence-electron chi connectivity index (χ2n) is 5.93. The Kier molecular flexibility index (Phi) is 9.95. The molecule has 24 heavy (non-hydrogen) atoms. The summed E-state index contributed by atoms with van der Waals surface area (Å²) in [4.78, 5) is 2.23. The molecule has 0 spiro atoms. The van der Waals surface area contributed by atoms with Crippen LogP contribution < -0.4 is 0 Å². The number of hydrogen-bond acceptors (Lipinski definition) is 1. The van der Waals surface area contributed by atoms with E-state index in [-0.39, 0.29) is 17.1 Å². The van der Waals surface area contributed by atoms with Gasteiger partial charge in [-0.05, 0) is 38.2 Å². The minimum absolute atomic E-state index is 0. The molecule has 0 bridgehead atoms. The van der Waals surface area contributed by atoms with Gasteiger partial charge in [-0.25, -0.2) is 12.1 Å². The number of hydrogen-bond donors (Lipinski definition) is 0. The van der Waals surface area contributed by atoms with Crippen LogP contribution in [0.1, 0.15) is 12.0 Å². The second-order valence-corrected chi connectivity index (χ2v) is 5.93. The molecular weight excluding hydrogens is 333 g/mol. The van der Waals surface area contributed by atoms with Crippen LogP contribution in [0.3, 0.4) is 0 Å². The number of aryl methyl sites for hydroxylation is 1. The Bertz CT molecular complexity index is 593. The van der Waals surface area contributed by atoms with Crippen LogP contribution >= 0.6 is 0 Å². The van der Waals surface area contributed by atoms with E-state index in [1.54, 1.807) is 0 Å². The molecule has 0 saturated heterocycles. The summed E-state index contributed by atoms with van der Waals surface area (Å²) in [7, 11) is 4.23. The fourth-order valence-electron chi connectivity index (χ4n) is 2.44. The van der Waals surface area contributed by atoms with Crippen LogP contribution in [0.25, 0.3) is 11.1 Å². The molecule has 3 aromatic rings. The van der Waals surface area contributed by atoms with E-state index in [1.165, 1.54) is 36.1 Å². The Morgan fingerprint density at radius 2 is 1.17 bits per heavy atom. The molecule has 3 rings (SSSR count). The van der Waals surface area contributed by atoms with Crippen LogP contribution in [-0.4, -0.2) is 25.5 Å². The first-order valence-electron chi connectivity index (χ1n) is 8.21. The molecule has 0 heterocycles. The molecule has 127 valence electrons. The van der Waals surface area contributed by atoms with Gasteiger partial charge in [0.2, 0.25) is 0 Å². The van der Waals surface area contributed by atoms with E-state index in [0.29, 0.717) is 0 Å². The van der Waals surface area contributed by atoms with Crippen LogP contribution in [0, 0.1) is 0 Å². The fourth-order valence-corrected chi connectivity index (χ4v) is 2.44. The summed E-state index contributed by atoms with van der Waals surface area (Å²) < 4.78 is 0. The molecule has 0 aromatic heterocycles. The molecule has 0 N–H and O–H groups in total. The van der Waals surface area contributed by atoms with Gasteiger partial charge in [0.15, 0.2) is 0 Å². The second kappa shape index (κ2) is 11.8. The van der Waals surface area contributed by atoms with Gasteiger partial charge in [0, 0.05) is 17.1 Å². The minimum Gasteiger partial charge on any atom is -0.309 e. The van der Waals surface area contributed by atoms with Crippen molar-refractivity contribution in [2.24, 2.45) is 0 Å². The summed E-state index contributed by atoms with van der Waals surface area (Å²) in [6.07, 6.45) is 2.47. The minimum atomic E-state index is 0. The SMILES string of the molecule is CN(C)CCC[c-]1cccc1.[Mn].c1ccc(-c2ccccc2)cc1. The average Bonchev–Trinajstić information content (AvgIpc) is 3.10. The first-order chi connectivity index (χ1) is 11.3. The van der Waals surface area contributed by atoms with Gasteiger partial charge in [0.05, 0.1) is 0 Å². The van der Waals surface area contributed by atoms with Gasteiger partial charge < -0.3 is 4.90 Å². The molecular formula is C22H26MnN-. The Hall–Kier alpha value is -1.73. The van der Waals surface area contributed by atoms with Crippen LogP contribution in [0.4, 0.5) is 0 Å². The van der Waals surface area contributed by atoms with Gasteiger partial charge in [-0.15, -0.1) is 0 Å². The van der Waals surface area contributed by atoms with Gasteiger partial charge in [-0.1, -0.05) is 67.1 Å². The van der Waals surface area contributed by atoms with Crippen molar-refractivity contribution in [3.8, 4) is 11.1 Å². The fraction of sp³-hybridized carbons (Fsp3) is 0.227.